The highest BCUT2D eigenvalue weighted by Gasteiger charge is 2.24. The Balaban J connectivity index is 1.29. The Morgan fingerprint density at radius 2 is 1.42 bits per heavy atom. The van der Waals surface area contributed by atoms with Gasteiger partial charge in [-0.1, -0.05) is 12.2 Å². The second-order valence-electron chi connectivity index (χ2n) is 15.8. The molecule has 7 aromatic rings. The Labute approximate surface area is 394 Å². The number of alkyl carbamates (subject to hydrolysis) is 1. The van der Waals surface area contributed by atoms with Gasteiger partial charge < -0.3 is 50.3 Å². The number of allylic oxidation sites excluding steroid dienone is 2. The second kappa shape index (κ2) is 21.5. The van der Waals surface area contributed by atoms with E-state index in [1.54, 1.807) is 45.3 Å². The van der Waals surface area contributed by atoms with E-state index in [1.165, 1.54) is 12.1 Å². The molecule has 0 aliphatic carbocycles. The summed E-state index contributed by atoms with van der Waals surface area (Å²) in [6, 6.07) is 9.77. The number of anilines is 1. The van der Waals surface area contributed by atoms with Crippen LogP contribution in [0.2, 0.25) is 0 Å². The van der Waals surface area contributed by atoms with Crippen molar-refractivity contribution in [1.29, 1.82) is 0 Å². The van der Waals surface area contributed by atoms with Crippen molar-refractivity contribution in [2.45, 2.75) is 73.1 Å². The van der Waals surface area contributed by atoms with Gasteiger partial charge >= 0.3 is 12.1 Å². The standard InChI is InChI=1S/C46H53N13O10/c1-5-58-33(19-26(3)54-58)42-50-25-31-30-21-28(40(47)63)23-35(67-16-9-12-49-46(66)69-18-11-37(61)62)38(30)56(43(31)52-42)13-7-8-14-57-39-32(22-29(41(48)64)24-36(39)68-17-10-15-60)51-45(57)53-44(65)34-20-27(4)55-59(34)6-2/h7-8,19-25,60H,5-6,9-18H2,1-4H3,(H2,47,63)(H2,48,64)(H,49,66)(H,61,62)(H,51,53,65)/b8-7+. The lowest BCUT2D eigenvalue weighted by molar-refractivity contribution is -0.137. The van der Waals surface area contributed by atoms with Crippen LogP contribution in [0.4, 0.5) is 10.7 Å². The number of aromatic nitrogens is 9. The number of imidazole rings is 1. The summed E-state index contributed by atoms with van der Waals surface area (Å²) >= 11 is 0. The molecule has 362 valence electrons. The number of aryl methyl sites for hydroxylation is 4. The molecule has 0 aliphatic heterocycles. The Morgan fingerprint density at radius 3 is 2.10 bits per heavy atom. The number of carbonyl (C=O) groups is 5. The average Bonchev–Trinajstić information content (AvgIpc) is 4.08. The van der Waals surface area contributed by atoms with Gasteiger partial charge in [-0.05, 0) is 70.5 Å². The number of hydrogen-bond donors (Lipinski definition) is 6. The van der Waals surface area contributed by atoms with E-state index in [9.17, 15) is 29.1 Å². The summed E-state index contributed by atoms with van der Waals surface area (Å²) in [5, 5.41) is 34.0. The van der Waals surface area contributed by atoms with E-state index in [1.807, 2.05) is 43.6 Å². The van der Waals surface area contributed by atoms with Gasteiger partial charge in [0.2, 0.25) is 17.8 Å². The van der Waals surface area contributed by atoms with Crippen LogP contribution in [0.25, 0.3) is 44.5 Å². The van der Waals surface area contributed by atoms with Crippen molar-refractivity contribution in [3.05, 3.63) is 83.0 Å². The van der Waals surface area contributed by atoms with Gasteiger partial charge in [0.05, 0.1) is 42.1 Å². The summed E-state index contributed by atoms with van der Waals surface area (Å²) in [6.07, 6.45) is 4.93. The number of rotatable bonds is 23. The number of fused-ring (bicyclic) bond motifs is 4. The van der Waals surface area contributed by atoms with E-state index in [0.717, 1.165) is 5.69 Å². The Bertz CT molecular complexity index is 3110. The molecule has 0 radical (unpaired) electrons. The number of carbonyl (C=O) groups excluding carboxylic acids is 4. The van der Waals surface area contributed by atoms with Crippen molar-refractivity contribution >= 4 is 68.7 Å². The number of aliphatic hydroxyl groups is 1. The van der Waals surface area contributed by atoms with E-state index in [2.05, 4.69) is 20.8 Å². The number of aliphatic hydroxyl groups excluding tert-OH is 1. The average molecular weight is 948 g/mol. The van der Waals surface area contributed by atoms with Gasteiger partial charge in [0, 0.05) is 73.8 Å². The van der Waals surface area contributed by atoms with E-state index in [-0.39, 0.29) is 75.3 Å². The monoisotopic (exact) mass is 947 g/mol. The molecule has 0 aliphatic rings. The van der Waals surface area contributed by atoms with Crippen LogP contribution in [0.1, 0.15) is 75.7 Å². The number of amides is 4. The molecule has 7 rings (SSSR count). The van der Waals surface area contributed by atoms with Gasteiger partial charge in [0.15, 0.2) is 5.82 Å². The number of carboxylic acid groups (broad SMARTS) is 1. The number of nitrogens with zero attached hydrogens (tertiary/aromatic N) is 9. The first kappa shape index (κ1) is 48.6. The zero-order valence-electron chi connectivity index (χ0n) is 38.5. The van der Waals surface area contributed by atoms with E-state index in [0.29, 0.717) is 87.6 Å². The molecule has 0 fully saturated rings. The molecular weight excluding hydrogens is 895 g/mol. The predicted octanol–water partition coefficient (Wildman–Crippen LogP) is 4.09. The highest BCUT2D eigenvalue weighted by Crippen LogP contribution is 2.37. The van der Waals surface area contributed by atoms with Crippen LogP contribution in [0.3, 0.4) is 0 Å². The van der Waals surface area contributed by atoms with Crippen LogP contribution in [-0.4, -0.2) is 117 Å². The molecule has 23 heteroatoms. The highest BCUT2D eigenvalue weighted by molar-refractivity contribution is 6.12. The number of nitrogens with one attached hydrogen (secondary N) is 2. The summed E-state index contributed by atoms with van der Waals surface area (Å²) in [5.41, 5.74) is 16.1. The van der Waals surface area contributed by atoms with Crippen LogP contribution in [0.15, 0.2) is 54.7 Å². The summed E-state index contributed by atoms with van der Waals surface area (Å²) in [7, 11) is 0. The second-order valence-corrected chi connectivity index (χ2v) is 15.8. The van der Waals surface area contributed by atoms with Gasteiger partial charge in [0.1, 0.15) is 40.7 Å². The first-order valence-electron chi connectivity index (χ1n) is 22.2. The molecule has 8 N–H and O–H groups in total. The predicted molar refractivity (Wildman–Crippen MR) is 252 cm³/mol. The van der Waals surface area contributed by atoms with Crippen LogP contribution >= 0.6 is 0 Å². The molecule has 23 nitrogen and oxygen atoms in total. The molecule has 69 heavy (non-hydrogen) atoms. The maximum atomic E-state index is 13.8. The largest absolute Gasteiger partial charge is 0.491 e. The van der Waals surface area contributed by atoms with Gasteiger partial charge in [-0.15, -0.1) is 0 Å². The lowest BCUT2D eigenvalue weighted by atomic mass is 10.1. The molecular formula is C46H53N13O10. The third-order valence-corrected chi connectivity index (χ3v) is 10.8. The number of nitrogens with two attached hydrogens (primary N) is 2. The molecule has 0 spiro atoms. The molecule has 4 amide bonds. The molecule has 0 bridgehead atoms. The van der Waals surface area contributed by atoms with Gasteiger partial charge in [-0.2, -0.15) is 10.2 Å². The van der Waals surface area contributed by atoms with Crippen molar-refractivity contribution < 1.29 is 48.4 Å². The summed E-state index contributed by atoms with van der Waals surface area (Å²) in [4.78, 5) is 76.4. The number of hydrogen-bond acceptors (Lipinski definition) is 14. The summed E-state index contributed by atoms with van der Waals surface area (Å²) < 4.78 is 24.3. The van der Waals surface area contributed by atoms with Crippen molar-refractivity contribution in [3.63, 3.8) is 0 Å². The number of ether oxygens (including phenoxy) is 3. The topological polar surface area (TPSA) is 314 Å². The smallest absolute Gasteiger partial charge is 0.407 e. The van der Waals surface area contributed by atoms with Crippen LogP contribution in [0.5, 0.6) is 11.5 Å². The SMILES string of the molecule is CCn1nc(C)cc1C(=O)Nc1nc2cc(C(N)=O)cc(OCCCO)c2n1C/C=C/Cn1c2nc(-c3cc(C)nn3CC)ncc2c2cc(C(N)=O)cc(OCCCNC(=O)OCCC(=O)O)c21. The fourth-order valence-electron chi connectivity index (χ4n) is 7.71. The minimum atomic E-state index is -1.09. The van der Waals surface area contributed by atoms with Crippen LogP contribution in [-0.2, 0) is 35.7 Å². The highest BCUT2D eigenvalue weighted by atomic mass is 16.5. The molecule has 0 saturated carbocycles. The number of benzene rings is 2. The first-order valence-corrected chi connectivity index (χ1v) is 22.2. The summed E-state index contributed by atoms with van der Waals surface area (Å²) in [6.45, 7) is 8.74. The Hall–Kier alpha value is -8.34. The van der Waals surface area contributed by atoms with Crippen molar-refractivity contribution in [1.82, 2.24) is 49.0 Å². The molecule has 0 saturated heterocycles. The van der Waals surface area contributed by atoms with Crippen molar-refractivity contribution in [3.8, 4) is 23.0 Å². The number of primary amides is 2. The maximum Gasteiger partial charge on any atom is 0.407 e. The van der Waals surface area contributed by atoms with Gasteiger partial charge in [-0.3, -0.25) is 33.9 Å². The van der Waals surface area contributed by atoms with Gasteiger partial charge in [0.25, 0.3) is 5.91 Å². The van der Waals surface area contributed by atoms with Crippen LogP contribution in [0, 0.1) is 13.8 Å². The van der Waals surface area contributed by atoms with E-state index < -0.39 is 29.8 Å². The molecule has 5 heterocycles. The molecule has 2 aromatic carbocycles. The van der Waals surface area contributed by atoms with Gasteiger partial charge in [-0.25, -0.2) is 19.7 Å². The van der Waals surface area contributed by atoms with Crippen LogP contribution < -0.4 is 31.6 Å². The fourth-order valence-corrected chi connectivity index (χ4v) is 7.71. The third-order valence-electron chi connectivity index (χ3n) is 10.8. The minimum Gasteiger partial charge on any atom is -0.491 e. The molecule has 0 unspecified atom stereocenters. The summed E-state index contributed by atoms with van der Waals surface area (Å²) in [5.74, 6) is -1.85. The van der Waals surface area contributed by atoms with E-state index >= 15 is 0 Å². The molecule has 0 atom stereocenters. The van der Waals surface area contributed by atoms with Crippen molar-refractivity contribution in [2.24, 2.45) is 11.5 Å². The zero-order valence-corrected chi connectivity index (χ0v) is 38.5. The number of carboxylic acids is 1. The third kappa shape index (κ3) is 10.9. The molecule has 5 aromatic heterocycles. The first-order chi connectivity index (χ1) is 33.2. The lowest BCUT2D eigenvalue weighted by Crippen LogP contribution is -2.27. The lowest BCUT2D eigenvalue weighted by Gasteiger charge is -2.13. The Morgan fingerprint density at radius 1 is 0.768 bits per heavy atom. The minimum absolute atomic E-state index is 0.0803. The van der Waals surface area contributed by atoms with Crippen molar-refractivity contribution in [2.75, 3.05) is 38.3 Å². The van der Waals surface area contributed by atoms with E-state index in [4.69, 9.17) is 45.7 Å². The fraction of sp³-hybridized carbons (Fsp3) is 0.348. The quantitative estimate of drug-likeness (QED) is 0.0389. The maximum absolute atomic E-state index is 13.8. The normalized spacial score (nSPS) is 11.5. The Kier molecular flexibility index (Phi) is 15.2. The zero-order chi connectivity index (χ0) is 49.4. The number of aliphatic carboxylic acids is 1.